The maximum Gasteiger partial charge on any atom is 0.242 e. The third kappa shape index (κ3) is 8.63. The zero-order chi connectivity index (χ0) is 15.9. The zero-order valence-corrected chi connectivity index (χ0v) is 14.7. The number of nitrogens with one attached hydrogen (secondary N) is 3. The van der Waals surface area contributed by atoms with Crippen LogP contribution in [0.15, 0.2) is 0 Å². The highest BCUT2D eigenvalue weighted by Gasteiger charge is 2.23. The molecule has 1 aliphatic rings. The minimum atomic E-state index is -3.45. The van der Waals surface area contributed by atoms with Crippen LogP contribution in [-0.2, 0) is 19.6 Å². The molecular formula is C10H22ClN5O4S2. The van der Waals surface area contributed by atoms with Gasteiger partial charge < -0.3 is 20.7 Å². The Labute approximate surface area is 140 Å². The van der Waals surface area contributed by atoms with Crippen LogP contribution in [0.2, 0.25) is 0 Å². The van der Waals surface area contributed by atoms with Gasteiger partial charge in [0.2, 0.25) is 21.9 Å². The first-order chi connectivity index (χ1) is 9.79. The maximum absolute atomic E-state index is 11.9. The van der Waals surface area contributed by atoms with E-state index in [1.807, 2.05) is 4.72 Å². The van der Waals surface area contributed by atoms with Crippen LogP contribution in [-0.4, -0.2) is 75.4 Å². The first-order valence-electron chi connectivity index (χ1n) is 6.29. The van der Waals surface area contributed by atoms with Gasteiger partial charge in [-0.2, -0.15) is 0 Å². The van der Waals surface area contributed by atoms with Gasteiger partial charge in [-0.1, -0.05) is 0 Å². The molecule has 1 rings (SSSR count). The highest BCUT2D eigenvalue weighted by Crippen LogP contribution is 2.13. The van der Waals surface area contributed by atoms with Crippen molar-refractivity contribution in [2.45, 2.75) is 6.04 Å². The van der Waals surface area contributed by atoms with Crippen LogP contribution in [0.4, 0.5) is 0 Å². The molecule has 0 radical (unpaired) electrons. The van der Waals surface area contributed by atoms with E-state index in [9.17, 15) is 13.2 Å². The molecule has 1 atom stereocenters. The molecule has 0 aromatic rings. The van der Waals surface area contributed by atoms with E-state index in [4.69, 9.17) is 15.9 Å². The van der Waals surface area contributed by atoms with Crippen molar-refractivity contribution in [1.82, 2.24) is 14.9 Å². The first kappa shape index (κ1) is 21.2. The van der Waals surface area contributed by atoms with Crippen LogP contribution in [0, 0.1) is 5.41 Å². The summed E-state index contributed by atoms with van der Waals surface area (Å²) in [5.41, 5.74) is 5.74. The van der Waals surface area contributed by atoms with Gasteiger partial charge in [0.15, 0.2) is 0 Å². The number of nitrogens with zero attached hydrogens (tertiary/aromatic N) is 1. The summed E-state index contributed by atoms with van der Waals surface area (Å²) in [7, 11) is -3.45. The number of sulfonamides is 1. The van der Waals surface area contributed by atoms with Crippen molar-refractivity contribution in [2.24, 2.45) is 5.73 Å². The summed E-state index contributed by atoms with van der Waals surface area (Å²) in [5, 5.41) is 9.83. The normalized spacial score (nSPS) is 15.8. The first-order valence-corrected chi connectivity index (χ1v) is 9.34. The SMILES string of the molecule is CS(=O)(=O)NC(=N)NCCOC[C@H](N)C(=O)N1CCSC1.Cl. The van der Waals surface area contributed by atoms with E-state index in [2.05, 4.69) is 5.32 Å². The number of thioether (sulfide) groups is 1. The van der Waals surface area contributed by atoms with E-state index in [1.54, 1.807) is 16.7 Å². The summed E-state index contributed by atoms with van der Waals surface area (Å²) in [5.74, 6) is 1.15. The number of nitrogens with two attached hydrogens (primary N) is 1. The second kappa shape index (κ2) is 10.1. The Balaban J connectivity index is 0.00000441. The molecule has 0 aromatic carbocycles. The molecular weight excluding hydrogens is 354 g/mol. The van der Waals surface area contributed by atoms with Gasteiger partial charge in [0.1, 0.15) is 6.04 Å². The van der Waals surface area contributed by atoms with E-state index in [0.717, 1.165) is 12.0 Å². The Bertz CT molecular complexity index is 470. The van der Waals surface area contributed by atoms with Crippen LogP contribution in [0.3, 0.4) is 0 Å². The van der Waals surface area contributed by atoms with E-state index in [0.29, 0.717) is 12.4 Å². The lowest BCUT2D eigenvalue weighted by Gasteiger charge is -2.19. The van der Waals surface area contributed by atoms with Crippen molar-refractivity contribution < 1.29 is 17.9 Å². The number of guanidine groups is 1. The van der Waals surface area contributed by atoms with Crippen LogP contribution >= 0.6 is 24.2 Å². The number of carbonyl (C=O) groups excluding carboxylic acids is 1. The van der Waals surface area contributed by atoms with Gasteiger partial charge in [-0.3, -0.25) is 14.9 Å². The Kier molecular flexibility index (Phi) is 9.76. The average Bonchev–Trinajstić information content (AvgIpc) is 2.88. The van der Waals surface area contributed by atoms with Gasteiger partial charge in [-0.05, 0) is 0 Å². The minimum absolute atomic E-state index is 0. The van der Waals surface area contributed by atoms with Crippen molar-refractivity contribution in [2.75, 3.05) is 44.2 Å². The molecule has 9 nitrogen and oxygen atoms in total. The molecule has 22 heavy (non-hydrogen) atoms. The van der Waals surface area contributed by atoms with Crippen molar-refractivity contribution in [3.63, 3.8) is 0 Å². The number of carbonyl (C=O) groups is 1. The molecule has 130 valence electrons. The molecule has 0 saturated carbocycles. The summed E-state index contributed by atoms with van der Waals surface area (Å²) >= 11 is 1.69. The Morgan fingerprint density at radius 1 is 1.55 bits per heavy atom. The van der Waals surface area contributed by atoms with Gasteiger partial charge in [0.05, 0.1) is 25.3 Å². The van der Waals surface area contributed by atoms with Crippen LogP contribution in [0.25, 0.3) is 0 Å². The quantitative estimate of drug-likeness (QED) is 0.238. The van der Waals surface area contributed by atoms with Crippen molar-refractivity contribution in [1.29, 1.82) is 5.41 Å². The van der Waals surface area contributed by atoms with E-state index >= 15 is 0 Å². The molecule has 1 fully saturated rings. The maximum atomic E-state index is 11.9. The van der Waals surface area contributed by atoms with Crippen LogP contribution < -0.4 is 15.8 Å². The number of hydrogen-bond donors (Lipinski definition) is 4. The summed E-state index contributed by atoms with van der Waals surface area (Å²) in [6, 6.07) is -0.697. The molecule has 1 aliphatic heterocycles. The van der Waals surface area contributed by atoms with E-state index < -0.39 is 16.1 Å². The Morgan fingerprint density at radius 3 is 2.77 bits per heavy atom. The monoisotopic (exact) mass is 375 g/mol. The molecule has 0 aromatic heterocycles. The van der Waals surface area contributed by atoms with Gasteiger partial charge >= 0.3 is 0 Å². The lowest BCUT2D eigenvalue weighted by atomic mass is 10.3. The summed E-state index contributed by atoms with van der Waals surface area (Å²) < 4.78 is 28.9. The van der Waals surface area contributed by atoms with Gasteiger partial charge in [0, 0.05) is 18.8 Å². The number of halogens is 1. The lowest BCUT2D eigenvalue weighted by Crippen LogP contribution is -2.45. The van der Waals surface area contributed by atoms with Gasteiger partial charge in [0.25, 0.3) is 0 Å². The topological polar surface area (TPSA) is 138 Å². The second-order valence-electron chi connectivity index (χ2n) is 4.50. The fourth-order valence-corrected chi connectivity index (χ4v) is 2.97. The molecule has 1 amide bonds. The second-order valence-corrected chi connectivity index (χ2v) is 7.32. The molecule has 1 heterocycles. The number of rotatable bonds is 7. The van der Waals surface area contributed by atoms with Gasteiger partial charge in [-0.25, -0.2) is 8.42 Å². The molecule has 1 saturated heterocycles. The van der Waals surface area contributed by atoms with Crippen molar-refractivity contribution >= 4 is 46.1 Å². The predicted octanol–water partition coefficient (Wildman–Crippen LogP) is -1.64. The van der Waals surface area contributed by atoms with E-state index in [1.165, 1.54) is 0 Å². The van der Waals surface area contributed by atoms with Crippen molar-refractivity contribution in [3.8, 4) is 0 Å². The molecule has 0 aliphatic carbocycles. The number of hydrogen-bond acceptors (Lipinski definition) is 7. The van der Waals surface area contributed by atoms with E-state index in [-0.39, 0.29) is 44.0 Å². The van der Waals surface area contributed by atoms with Crippen molar-refractivity contribution in [3.05, 3.63) is 0 Å². The highest BCUT2D eigenvalue weighted by atomic mass is 35.5. The fraction of sp³-hybridized carbons (Fsp3) is 0.800. The molecule has 0 unspecified atom stereocenters. The van der Waals surface area contributed by atoms with Crippen LogP contribution in [0.5, 0.6) is 0 Å². The molecule has 0 bridgehead atoms. The van der Waals surface area contributed by atoms with Gasteiger partial charge in [-0.15, -0.1) is 24.2 Å². The third-order valence-corrected chi connectivity index (χ3v) is 4.05. The smallest absolute Gasteiger partial charge is 0.242 e. The lowest BCUT2D eigenvalue weighted by molar-refractivity contribution is -0.132. The standard InChI is InChI=1S/C10H21N5O4S2.ClH/c1-21(17,18)14-10(12)13-2-4-19-6-8(11)9(16)15-3-5-20-7-15;/h8H,2-7,11H2,1H3,(H3,12,13,14);1H/t8-;/m0./s1. The molecule has 0 spiro atoms. The average molecular weight is 376 g/mol. The Morgan fingerprint density at radius 2 is 2.23 bits per heavy atom. The molecule has 5 N–H and O–H groups in total. The summed E-state index contributed by atoms with van der Waals surface area (Å²) in [6.45, 7) is 1.26. The zero-order valence-electron chi connectivity index (χ0n) is 12.2. The third-order valence-electron chi connectivity index (χ3n) is 2.51. The number of ether oxygens (including phenoxy) is 1. The van der Waals surface area contributed by atoms with Crippen LogP contribution in [0.1, 0.15) is 0 Å². The molecule has 12 heteroatoms. The summed E-state index contributed by atoms with van der Waals surface area (Å²) in [6.07, 6.45) is 0.959. The fourth-order valence-electron chi connectivity index (χ4n) is 1.57. The predicted molar refractivity (Wildman–Crippen MR) is 88.8 cm³/mol. The largest absolute Gasteiger partial charge is 0.377 e. The minimum Gasteiger partial charge on any atom is -0.377 e. The summed E-state index contributed by atoms with van der Waals surface area (Å²) in [4.78, 5) is 13.6. The number of amides is 1. The Hall–Kier alpha value is -0.750. The highest BCUT2D eigenvalue weighted by molar-refractivity contribution is 7.99.